The number of carbonyl (C=O) groups is 17. The van der Waals surface area contributed by atoms with Crippen molar-refractivity contribution in [3.05, 3.63) is 29.8 Å². The van der Waals surface area contributed by atoms with Gasteiger partial charge in [0.1, 0.15) is 72.2 Å². The van der Waals surface area contributed by atoms with E-state index in [1.807, 2.05) is 0 Å². The minimum atomic E-state index is -2.10. The smallest absolute Gasteiger partial charge is 0.326 e. The van der Waals surface area contributed by atoms with Crippen LogP contribution in [0.2, 0.25) is 0 Å². The number of nitrogens with two attached hydrogens (primary N) is 2. The van der Waals surface area contributed by atoms with E-state index in [-0.39, 0.29) is 76.8 Å². The first-order valence-corrected chi connectivity index (χ1v) is 30.0. The lowest BCUT2D eigenvalue weighted by atomic mass is 9.97. The summed E-state index contributed by atoms with van der Waals surface area (Å²) in [7, 11) is 0. The molecule has 3 heterocycles. The molecule has 1 aromatic carbocycles. The summed E-state index contributed by atoms with van der Waals surface area (Å²) in [5, 5.41) is 85.7. The molecule has 0 radical (unpaired) electrons. The fraction of sp³-hybridized carbons (Fsp3) is 0.596. The van der Waals surface area contributed by atoms with Crippen molar-refractivity contribution in [1.82, 2.24) is 57.2 Å². The summed E-state index contributed by atoms with van der Waals surface area (Å²) >= 11 is 0. The number of nitrogens with zero attached hydrogens (tertiary/aromatic N) is 3. The molecule has 0 spiro atoms. The highest BCUT2D eigenvalue weighted by molar-refractivity contribution is 6.01. The zero-order valence-electron chi connectivity index (χ0n) is 51.6. The van der Waals surface area contributed by atoms with Gasteiger partial charge in [0, 0.05) is 32.5 Å². The van der Waals surface area contributed by atoms with Crippen molar-refractivity contribution in [2.75, 3.05) is 26.2 Å². The Bertz CT molecular complexity index is 3040. The van der Waals surface area contributed by atoms with Crippen LogP contribution in [0.15, 0.2) is 24.3 Å². The van der Waals surface area contributed by atoms with Crippen LogP contribution in [-0.2, 0) is 87.9 Å². The Morgan fingerprint density at radius 3 is 1.41 bits per heavy atom. The zero-order valence-corrected chi connectivity index (χ0v) is 51.6. The Kier molecular flexibility index (Phi) is 29.0. The van der Waals surface area contributed by atoms with Gasteiger partial charge in [-0.2, -0.15) is 0 Å². The van der Waals surface area contributed by atoms with Gasteiger partial charge >= 0.3 is 29.8 Å². The molecule has 1 aromatic rings. The van der Waals surface area contributed by atoms with Gasteiger partial charge in [0.2, 0.25) is 70.9 Å². The number of aliphatic hydroxyl groups excluding tert-OH is 1. The van der Waals surface area contributed by atoms with Crippen molar-refractivity contribution in [2.24, 2.45) is 17.4 Å². The highest BCUT2D eigenvalue weighted by Gasteiger charge is 2.44. The molecule has 0 unspecified atom stereocenters. The first-order chi connectivity index (χ1) is 44.2. The summed E-state index contributed by atoms with van der Waals surface area (Å²) in [5.41, 5.74) is 11.5. The topological polar surface area (TPSA) is 590 Å². The number of nitrogens with one attached hydrogen (secondary N) is 8. The van der Waals surface area contributed by atoms with Crippen LogP contribution in [0.1, 0.15) is 110 Å². The van der Waals surface area contributed by atoms with Crippen LogP contribution in [0.5, 0.6) is 5.75 Å². The maximum Gasteiger partial charge on any atom is 0.326 e. The van der Waals surface area contributed by atoms with E-state index in [0.717, 1.165) is 14.7 Å². The van der Waals surface area contributed by atoms with Gasteiger partial charge in [-0.3, -0.25) is 76.7 Å². The number of carbonyl (C=O) groups excluding carboxylic acids is 12. The first-order valence-electron chi connectivity index (χ1n) is 30.0. The zero-order chi connectivity index (χ0) is 70.4. The molecular formula is C57H81N13O24. The molecule has 94 heavy (non-hydrogen) atoms. The van der Waals surface area contributed by atoms with Crippen molar-refractivity contribution >= 4 is 101 Å². The number of aliphatic hydroxyl groups is 1. The highest BCUT2D eigenvalue weighted by Crippen LogP contribution is 2.24. The number of hydrogen-bond donors (Lipinski definition) is 17. The van der Waals surface area contributed by atoms with E-state index in [1.165, 1.54) is 31.2 Å². The fourth-order valence-corrected chi connectivity index (χ4v) is 10.7. The number of phenolic OH excluding ortho intramolecular Hbond substituents is 1. The number of likely N-dealkylation sites (tertiary alicyclic amines) is 3. The molecule has 3 fully saturated rings. The molecule has 19 N–H and O–H groups in total. The number of phenols is 1. The van der Waals surface area contributed by atoms with Crippen molar-refractivity contribution in [2.45, 2.75) is 183 Å². The monoisotopic (exact) mass is 1330 g/mol. The highest BCUT2D eigenvalue weighted by atomic mass is 16.4. The Hall–Kier alpha value is -10.1. The number of hydrogen-bond acceptors (Lipinski definition) is 20. The minimum Gasteiger partial charge on any atom is -0.508 e. The molecule has 518 valence electrons. The largest absolute Gasteiger partial charge is 0.508 e. The Morgan fingerprint density at radius 1 is 0.500 bits per heavy atom. The minimum absolute atomic E-state index is 0.0154. The molecule has 0 bridgehead atoms. The van der Waals surface area contributed by atoms with E-state index >= 15 is 0 Å². The number of carboxylic acids is 5. The standard InChI is InChI=1S/C57H81N13O24/c1-4-26(2)45(53(89)65-35(57(93)94)24-44(80)81)67-52(88)39-10-7-18-69(39)55(91)31(15-16-41(74)75)61-46(82)27(3)60-47(83)32(20-28-11-13-29(72)14-12-28)63-50(86)38-9-6-19-70(38)56(92)34(22-40(59)73)64-48(84)33(23-43(78)79)62-49(85)36(25-71)66-51(87)37-8-5-17-68(37)54(90)30(58)21-42(76)77/h11-14,26-27,30-39,45,71-72H,4-10,15-25,58H2,1-3H3,(H2,59,73)(H,60,83)(H,61,82)(H,62,85)(H,63,86)(H,64,84)(H,65,89)(H,66,87)(H,67,88)(H,74,75)(H,76,77)(H,78,79)(H,80,81)(H,93,94)/t26-,27-,30-,31-,32-,33-,34-,35-,36-,37-,38+,39-,45-/m0/s1. The number of primary amides is 1. The van der Waals surface area contributed by atoms with Crippen molar-refractivity contribution in [1.29, 1.82) is 0 Å². The van der Waals surface area contributed by atoms with Gasteiger partial charge in [0.05, 0.1) is 38.3 Å². The number of aromatic hydroxyl groups is 1. The van der Waals surface area contributed by atoms with Crippen LogP contribution in [-0.4, -0.2) is 250 Å². The number of benzene rings is 1. The lowest BCUT2D eigenvalue weighted by Gasteiger charge is -2.31. The lowest BCUT2D eigenvalue weighted by Crippen LogP contribution is -2.61. The summed E-state index contributed by atoms with van der Waals surface area (Å²) in [5.74, 6) is -21.5. The Morgan fingerprint density at radius 2 is 0.936 bits per heavy atom. The number of rotatable bonds is 36. The average Bonchev–Trinajstić information content (AvgIpc) is 1.56. The molecular weight excluding hydrogens is 1250 g/mol. The molecule has 13 atom stereocenters. The molecule has 37 heteroatoms. The molecule has 3 aliphatic heterocycles. The maximum atomic E-state index is 14.4. The second-order valence-electron chi connectivity index (χ2n) is 22.9. The Labute approximate surface area is 536 Å². The van der Waals surface area contributed by atoms with Gasteiger partial charge in [0.15, 0.2) is 0 Å². The average molecular weight is 1330 g/mol. The predicted molar refractivity (Wildman–Crippen MR) is 317 cm³/mol. The summed E-state index contributed by atoms with van der Waals surface area (Å²) in [4.78, 5) is 226. The predicted octanol–water partition coefficient (Wildman–Crippen LogP) is -6.58. The van der Waals surface area contributed by atoms with Gasteiger partial charge < -0.3 is 104 Å². The van der Waals surface area contributed by atoms with E-state index in [4.69, 9.17) is 16.6 Å². The van der Waals surface area contributed by atoms with Crippen LogP contribution >= 0.6 is 0 Å². The summed E-state index contributed by atoms with van der Waals surface area (Å²) in [6, 6.07) is -14.4. The normalized spacial score (nSPS) is 19.1. The third-order valence-corrected chi connectivity index (χ3v) is 15.9. The van der Waals surface area contributed by atoms with Crippen LogP contribution in [0.25, 0.3) is 0 Å². The summed E-state index contributed by atoms with van der Waals surface area (Å²) in [6.07, 6.45) is -4.72. The van der Waals surface area contributed by atoms with Crippen molar-refractivity contribution in [3.63, 3.8) is 0 Å². The molecule has 3 saturated heterocycles. The third kappa shape index (κ3) is 22.4. The molecule has 0 aromatic heterocycles. The van der Waals surface area contributed by atoms with Crippen LogP contribution < -0.4 is 54.0 Å². The lowest BCUT2D eigenvalue weighted by molar-refractivity contribution is -0.148. The molecule has 0 aliphatic carbocycles. The SMILES string of the molecule is CC[C@H](C)[C@H](NC(=O)[C@@H]1CCCN1C(=O)[C@H](CCC(=O)O)NC(=O)[C@H](C)NC(=O)[C@H](Cc1ccc(O)cc1)NC(=O)[C@H]1CCCN1C(=O)[C@H](CC(N)=O)NC(=O)[C@H](CC(=O)O)NC(=O)[C@H](CO)NC(=O)[C@@H]1CCCN1C(=O)[C@@H](N)CC(=O)O)C(=O)N[C@@H](CC(=O)O)C(=O)O. The van der Waals surface area contributed by atoms with Crippen molar-refractivity contribution < 1.29 is 117 Å². The first kappa shape index (κ1) is 76.4. The number of amides is 12. The van der Waals surface area contributed by atoms with E-state index in [2.05, 4.69) is 42.5 Å². The van der Waals surface area contributed by atoms with E-state index in [9.17, 15) is 112 Å². The molecule has 0 saturated carbocycles. The summed E-state index contributed by atoms with van der Waals surface area (Å²) < 4.78 is 0. The fourth-order valence-electron chi connectivity index (χ4n) is 10.7. The van der Waals surface area contributed by atoms with E-state index < -0.39 is 224 Å². The number of carboxylic acid groups (broad SMARTS) is 5. The third-order valence-electron chi connectivity index (χ3n) is 15.9. The van der Waals surface area contributed by atoms with Crippen LogP contribution in [0, 0.1) is 5.92 Å². The summed E-state index contributed by atoms with van der Waals surface area (Å²) in [6.45, 7) is 2.90. The van der Waals surface area contributed by atoms with E-state index in [1.54, 1.807) is 13.8 Å². The van der Waals surface area contributed by atoms with Crippen molar-refractivity contribution in [3.8, 4) is 5.75 Å². The van der Waals surface area contributed by atoms with Gasteiger partial charge in [-0.1, -0.05) is 32.4 Å². The Balaban J connectivity index is 1.52. The second-order valence-corrected chi connectivity index (χ2v) is 22.9. The quantitative estimate of drug-likeness (QED) is 0.0297. The van der Waals surface area contributed by atoms with Crippen LogP contribution in [0.3, 0.4) is 0 Å². The van der Waals surface area contributed by atoms with Crippen LogP contribution in [0.4, 0.5) is 0 Å². The second kappa shape index (κ2) is 35.7. The molecule has 12 amide bonds. The van der Waals surface area contributed by atoms with Gasteiger partial charge in [-0.05, 0) is 75.5 Å². The van der Waals surface area contributed by atoms with Gasteiger partial charge in [0.25, 0.3) is 0 Å². The maximum absolute atomic E-state index is 14.4. The molecule has 3 aliphatic rings. The number of aliphatic carboxylic acids is 5. The molecule has 4 rings (SSSR count). The molecule has 37 nitrogen and oxygen atoms in total. The van der Waals surface area contributed by atoms with E-state index in [0.29, 0.717) is 5.56 Å². The van der Waals surface area contributed by atoms with Gasteiger partial charge in [-0.15, -0.1) is 0 Å². The van der Waals surface area contributed by atoms with Gasteiger partial charge in [-0.25, -0.2) is 4.79 Å².